The largest absolute Gasteiger partial charge is 0.389 e. The summed E-state index contributed by atoms with van der Waals surface area (Å²) in [6.45, 7) is 10.4. The van der Waals surface area contributed by atoms with Crippen LogP contribution in [0.1, 0.15) is 71.9 Å². The first-order valence-electron chi connectivity index (χ1n) is 14.4. The van der Waals surface area contributed by atoms with Gasteiger partial charge in [-0.25, -0.2) is 8.78 Å². The van der Waals surface area contributed by atoms with Crippen LogP contribution in [0.2, 0.25) is 0 Å². The van der Waals surface area contributed by atoms with Crippen molar-refractivity contribution in [2.75, 3.05) is 32.7 Å². The molecule has 0 saturated carbocycles. The molecule has 3 atom stereocenters. The summed E-state index contributed by atoms with van der Waals surface area (Å²) >= 11 is 0. The van der Waals surface area contributed by atoms with Crippen LogP contribution in [0.5, 0.6) is 0 Å². The number of benzene rings is 2. The zero-order chi connectivity index (χ0) is 30.1. The molecule has 2 aromatic carbocycles. The van der Waals surface area contributed by atoms with Gasteiger partial charge in [-0.1, -0.05) is 20.8 Å². The summed E-state index contributed by atoms with van der Waals surface area (Å²) < 4.78 is 28.0. The summed E-state index contributed by atoms with van der Waals surface area (Å²) in [5.41, 5.74) is 1.51. The molecule has 1 saturated heterocycles. The van der Waals surface area contributed by atoms with Gasteiger partial charge in [0.15, 0.2) is 0 Å². The SMILES string of the molecule is CCCN(CCC)C(=O)c1cc(C)cc(C(=O)N[C@@H](Cc2cc(F)cc(F)c2)[C@H](O)[C@@H]2NCCN(CCC)C2=O)c1. The first kappa shape index (κ1) is 32.1. The molecule has 0 bridgehead atoms. The Morgan fingerprint density at radius 2 is 1.66 bits per heavy atom. The highest BCUT2D eigenvalue weighted by molar-refractivity contribution is 6.00. The Hall–Kier alpha value is -3.37. The van der Waals surface area contributed by atoms with Crippen molar-refractivity contribution in [3.05, 3.63) is 70.3 Å². The minimum atomic E-state index is -1.40. The summed E-state index contributed by atoms with van der Waals surface area (Å²) in [6.07, 6.45) is 0.829. The lowest BCUT2D eigenvalue weighted by molar-refractivity contribution is -0.139. The molecule has 2 aromatic rings. The Balaban J connectivity index is 1.91. The fraction of sp³-hybridized carbons (Fsp3) is 0.516. The molecule has 1 aliphatic heterocycles. The lowest BCUT2D eigenvalue weighted by Gasteiger charge is -2.38. The van der Waals surface area contributed by atoms with Gasteiger partial charge in [0.05, 0.1) is 12.1 Å². The molecule has 41 heavy (non-hydrogen) atoms. The first-order valence-corrected chi connectivity index (χ1v) is 14.4. The average Bonchev–Trinajstić information content (AvgIpc) is 2.92. The standard InChI is InChI=1S/C31H42F2N4O4/c1-5-9-36(10-6-2)30(40)23-14-20(4)13-22(18-23)29(39)35-26(17-21-15-24(32)19-25(33)16-21)28(38)27-31(41)37(11-7-3)12-8-34-27/h13-16,18-19,26-28,34,38H,5-12,17H2,1-4H3,(H,35,39)/t26-,27-,28-/m0/s1. The van der Waals surface area contributed by atoms with E-state index in [0.717, 1.165) is 37.5 Å². The summed E-state index contributed by atoms with van der Waals surface area (Å²) in [7, 11) is 0. The third-order valence-electron chi connectivity index (χ3n) is 7.13. The van der Waals surface area contributed by atoms with Crippen LogP contribution >= 0.6 is 0 Å². The van der Waals surface area contributed by atoms with Crippen molar-refractivity contribution in [2.24, 2.45) is 0 Å². The smallest absolute Gasteiger partial charge is 0.253 e. The quantitative estimate of drug-likeness (QED) is 0.341. The number of carbonyl (C=O) groups excluding carboxylic acids is 3. The number of hydrogen-bond acceptors (Lipinski definition) is 5. The van der Waals surface area contributed by atoms with Crippen LogP contribution in [0.4, 0.5) is 8.78 Å². The summed E-state index contributed by atoms with van der Waals surface area (Å²) in [5.74, 6) is -2.62. The van der Waals surface area contributed by atoms with Crippen LogP contribution in [-0.4, -0.2) is 83.5 Å². The van der Waals surface area contributed by atoms with Crippen LogP contribution < -0.4 is 10.6 Å². The summed E-state index contributed by atoms with van der Waals surface area (Å²) in [6, 6.07) is 5.81. The fourth-order valence-electron chi connectivity index (χ4n) is 5.31. The van der Waals surface area contributed by atoms with E-state index < -0.39 is 35.7 Å². The Morgan fingerprint density at radius 3 is 2.27 bits per heavy atom. The summed E-state index contributed by atoms with van der Waals surface area (Å²) in [4.78, 5) is 43.3. The van der Waals surface area contributed by atoms with Gasteiger partial charge >= 0.3 is 0 Å². The molecule has 0 unspecified atom stereocenters. The van der Waals surface area contributed by atoms with Crippen molar-refractivity contribution in [1.82, 2.24) is 20.4 Å². The average molecular weight is 573 g/mol. The van der Waals surface area contributed by atoms with Gasteiger partial charge < -0.3 is 25.5 Å². The fourth-order valence-corrected chi connectivity index (χ4v) is 5.31. The number of hydrogen-bond donors (Lipinski definition) is 3. The van der Waals surface area contributed by atoms with E-state index >= 15 is 0 Å². The second-order valence-corrected chi connectivity index (χ2v) is 10.7. The highest BCUT2D eigenvalue weighted by Crippen LogP contribution is 2.18. The molecule has 10 heteroatoms. The number of aliphatic hydroxyl groups is 1. The number of nitrogens with zero attached hydrogens (tertiary/aromatic N) is 2. The number of aliphatic hydroxyl groups excluding tert-OH is 1. The zero-order valence-corrected chi connectivity index (χ0v) is 24.4. The van der Waals surface area contributed by atoms with Gasteiger partial charge in [0, 0.05) is 49.9 Å². The van der Waals surface area contributed by atoms with Crippen molar-refractivity contribution in [3.8, 4) is 0 Å². The number of carbonyl (C=O) groups is 3. The number of aryl methyl sites for hydroxylation is 1. The molecule has 224 valence electrons. The Bertz CT molecular complexity index is 1200. The second-order valence-electron chi connectivity index (χ2n) is 10.7. The van der Waals surface area contributed by atoms with Gasteiger partial charge in [-0.15, -0.1) is 0 Å². The molecule has 0 aromatic heterocycles. The van der Waals surface area contributed by atoms with Gasteiger partial charge in [-0.3, -0.25) is 14.4 Å². The Labute approximate surface area is 241 Å². The molecule has 0 spiro atoms. The lowest BCUT2D eigenvalue weighted by atomic mass is 9.93. The van der Waals surface area contributed by atoms with E-state index in [-0.39, 0.29) is 29.4 Å². The van der Waals surface area contributed by atoms with Crippen molar-refractivity contribution >= 4 is 17.7 Å². The molecule has 1 heterocycles. The number of nitrogens with one attached hydrogen (secondary N) is 2. The van der Waals surface area contributed by atoms with E-state index in [4.69, 9.17) is 0 Å². The van der Waals surface area contributed by atoms with Gasteiger partial charge in [-0.05, 0) is 74.1 Å². The van der Waals surface area contributed by atoms with Gasteiger partial charge in [0.2, 0.25) is 5.91 Å². The Kier molecular flexibility index (Phi) is 11.8. The molecular weight excluding hydrogens is 530 g/mol. The van der Waals surface area contributed by atoms with E-state index in [1.54, 1.807) is 28.9 Å². The van der Waals surface area contributed by atoms with Crippen LogP contribution in [0.15, 0.2) is 36.4 Å². The minimum absolute atomic E-state index is 0.126. The van der Waals surface area contributed by atoms with Crippen LogP contribution in [0.3, 0.4) is 0 Å². The predicted molar refractivity (Wildman–Crippen MR) is 154 cm³/mol. The molecule has 3 N–H and O–H groups in total. The number of rotatable bonds is 13. The molecule has 1 fully saturated rings. The highest BCUT2D eigenvalue weighted by atomic mass is 19.1. The van der Waals surface area contributed by atoms with E-state index in [1.165, 1.54) is 6.07 Å². The van der Waals surface area contributed by atoms with Gasteiger partial charge in [0.25, 0.3) is 11.8 Å². The highest BCUT2D eigenvalue weighted by Gasteiger charge is 2.38. The van der Waals surface area contributed by atoms with Crippen molar-refractivity contribution in [1.29, 1.82) is 0 Å². The molecule has 0 aliphatic carbocycles. The number of amides is 3. The molecule has 1 aliphatic rings. The normalized spacial score (nSPS) is 16.8. The number of piperazine rings is 1. The van der Waals surface area contributed by atoms with Crippen LogP contribution in [0, 0.1) is 18.6 Å². The minimum Gasteiger partial charge on any atom is -0.389 e. The van der Waals surface area contributed by atoms with Crippen molar-refractivity contribution < 1.29 is 28.3 Å². The molecule has 3 amide bonds. The van der Waals surface area contributed by atoms with Gasteiger partial charge in [-0.2, -0.15) is 0 Å². The molecular formula is C31H42F2N4O4. The third kappa shape index (κ3) is 8.56. The van der Waals surface area contributed by atoms with Crippen LogP contribution in [-0.2, 0) is 11.2 Å². The van der Waals surface area contributed by atoms with E-state index in [2.05, 4.69) is 10.6 Å². The monoisotopic (exact) mass is 572 g/mol. The zero-order valence-electron chi connectivity index (χ0n) is 24.4. The van der Waals surface area contributed by atoms with Crippen LogP contribution in [0.25, 0.3) is 0 Å². The van der Waals surface area contributed by atoms with Crippen molar-refractivity contribution in [3.63, 3.8) is 0 Å². The summed E-state index contributed by atoms with van der Waals surface area (Å²) in [5, 5.41) is 17.2. The second kappa shape index (κ2) is 15.0. The number of halogens is 2. The lowest BCUT2D eigenvalue weighted by Crippen LogP contribution is -2.64. The maximum atomic E-state index is 14.0. The molecule has 0 radical (unpaired) electrons. The van der Waals surface area contributed by atoms with E-state index in [0.29, 0.717) is 43.9 Å². The Morgan fingerprint density at radius 1 is 1.02 bits per heavy atom. The van der Waals surface area contributed by atoms with Crippen molar-refractivity contribution in [2.45, 2.75) is 71.6 Å². The van der Waals surface area contributed by atoms with Gasteiger partial charge in [0.1, 0.15) is 17.7 Å². The van der Waals surface area contributed by atoms with E-state index in [9.17, 15) is 28.3 Å². The molecule has 3 rings (SSSR count). The maximum absolute atomic E-state index is 14.0. The van der Waals surface area contributed by atoms with E-state index in [1.807, 2.05) is 20.8 Å². The maximum Gasteiger partial charge on any atom is 0.253 e. The molecule has 8 nitrogen and oxygen atoms in total. The predicted octanol–water partition coefficient (Wildman–Crippen LogP) is 3.45. The first-order chi connectivity index (χ1) is 19.6. The topological polar surface area (TPSA) is 102 Å². The third-order valence-corrected chi connectivity index (χ3v) is 7.13.